The van der Waals surface area contributed by atoms with Gasteiger partial charge in [0.1, 0.15) is 0 Å². The van der Waals surface area contributed by atoms with E-state index in [1.165, 1.54) is 0 Å². The van der Waals surface area contributed by atoms with Crippen molar-refractivity contribution in [2.45, 2.75) is 18.1 Å². The Morgan fingerprint density at radius 1 is 0.906 bits per heavy atom. The van der Waals surface area contributed by atoms with Gasteiger partial charge in [0, 0.05) is 28.6 Å². The predicted octanol–water partition coefficient (Wildman–Crippen LogP) is 5.41. The fraction of sp³-hybridized carbons (Fsp3) is 0.125. The van der Waals surface area contributed by atoms with Crippen LogP contribution in [0.2, 0.25) is 5.02 Å². The Labute approximate surface area is 193 Å². The first kappa shape index (κ1) is 20.6. The lowest BCUT2D eigenvalue weighted by molar-refractivity contribution is 0.678. The van der Waals surface area contributed by atoms with Crippen molar-refractivity contribution < 1.29 is 0 Å². The molecule has 8 heteroatoms. The third kappa shape index (κ3) is 4.09. The van der Waals surface area contributed by atoms with Crippen molar-refractivity contribution in [2.24, 2.45) is 0 Å². The Hall–Kier alpha value is -3.29. The second kappa shape index (κ2) is 9.06. The number of aromatic nitrogens is 5. The Morgan fingerprint density at radius 2 is 1.66 bits per heavy atom. The molecular formula is C24H20ClN5OS. The number of fused-ring (bicyclic) bond motifs is 1. The molecule has 0 saturated heterocycles. The summed E-state index contributed by atoms with van der Waals surface area (Å²) in [6.45, 7) is 0.638. The van der Waals surface area contributed by atoms with E-state index in [1.807, 2.05) is 78.9 Å². The standard InChI is InChI=1S/C24H20ClN5OS/c25-18-13-11-17(12-14-18)22-27-28-24(30(22)19-7-2-1-3-8-19)32-16-6-15-29-21-10-5-4-9-20(21)26-23(29)31/h1-5,7-14H,6,15-16H2,(H,26,31). The van der Waals surface area contributed by atoms with Gasteiger partial charge in [-0.05, 0) is 55.0 Å². The number of aryl methyl sites for hydroxylation is 1. The zero-order valence-corrected chi connectivity index (χ0v) is 18.7. The van der Waals surface area contributed by atoms with E-state index in [9.17, 15) is 4.79 Å². The lowest BCUT2D eigenvalue weighted by Crippen LogP contribution is -2.17. The maximum atomic E-state index is 12.3. The first-order chi connectivity index (χ1) is 15.7. The smallest absolute Gasteiger partial charge is 0.306 e. The van der Waals surface area contributed by atoms with Gasteiger partial charge >= 0.3 is 5.69 Å². The van der Waals surface area contributed by atoms with E-state index in [-0.39, 0.29) is 5.69 Å². The summed E-state index contributed by atoms with van der Waals surface area (Å²) in [5, 5.41) is 10.4. The molecule has 0 radical (unpaired) electrons. The number of nitrogens with one attached hydrogen (secondary N) is 1. The van der Waals surface area contributed by atoms with Crippen molar-refractivity contribution in [2.75, 3.05) is 5.75 Å². The maximum Gasteiger partial charge on any atom is 0.326 e. The first-order valence-corrected chi connectivity index (χ1v) is 11.6. The van der Waals surface area contributed by atoms with Crippen molar-refractivity contribution in [1.29, 1.82) is 0 Å². The van der Waals surface area contributed by atoms with Crippen LogP contribution in [0.3, 0.4) is 0 Å². The molecule has 0 spiro atoms. The van der Waals surface area contributed by atoms with E-state index in [0.717, 1.165) is 45.4 Å². The summed E-state index contributed by atoms with van der Waals surface area (Å²) < 4.78 is 3.85. The number of hydrogen-bond donors (Lipinski definition) is 1. The average molecular weight is 462 g/mol. The SMILES string of the molecule is O=c1[nH]c2ccccc2n1CCCSc1nnc(-c2ccc(Cl)cc2)n1-c1ccccc1. The van der Waals surface area contributed by atoms with Gasteiger partial charge in [-0.2, -0.15) is 0 Å². The number of nitrogens with zero attached hydrogens (tertiary/aromatic N) is 4. The van der Waals surface area contributed by atoms with Crippen LogP contribution in [0.1, 0.15) is 6.42 Å². The molecule has 0 fully saturated rings. The number of H-pyrrole nitrogens is 1. The fourth-order valence-electron chi connectivity index (χ4n) is 3.67. The summed E-state index contributed by atoms with van der Waals surface area (Å²) in [5.74, 6) is 1.57. The van der Waals surface area contributed by atoms with Crippen molar-refractivity contribution in [3.05, 3.63) is 94.4 Å². The van der Waals surface area contributed by atoms with Crippen LogP contribution in [0, 0.1) is 0 Å². The molecule has 0 atom stereocenters. The van der Waals surface area contributed by atoms with Crippen molar-refractivity contribution in [1.82, 2.24) is 24.3 Å². The Bertz CT molecular complexity index is 1410. The highest BCUT2D eigenvalue weighted by molar-refractivity contribution is 7.99. The van der Waals surface area contributed by atoms with Crippen LogP contribution in [-0.4, -0.2) is 30.1 Å². The van der Waals surface area contributed by atoms with E-state index >= 15 is 0 Å². The van der Waals surface area contributed by atoms with Crippen LogP contribution in [0.25, 0.3) is 28.1 Å². The molecule has 0 aliphatic carbocycles. The zero-order chi connectivity index (χ0) is 21.9. The number of halogens is 1. The van der Waals surface area contributed by atoms with Gasteiger partial charge in [-0.25, -0.2) is 4.79 Å². The van der Waals surface area contributed by atoms with E-state index in [4.69, 9.17) is 11.6 Å². The van der Waals surface area contributed by atoms with Crippen LogP contribution in [0.4, 0.5) is 0 Å². The molecule has 0 saturated carbocycles. The molecule has 32 heavy (non-hydrogen) atoms. The number of para-hydroxylation sites is 3. The summed E-state index contributed by atoms with van der Waals surface area (Å²) >= 11 is 7.69. The fourth-order valence-corrected chi connectivity index (χ4v) is 4.68. The minimum atomic E-state index is -0.0753. The molecule has 2 heterocycles. The topological polar surface area (TPSA) is 68.5 Å². The molecule has 0 bridgehead atoms. The van der Waals surface area contributed by atoms with Gasteiger partial charge in [0.05, 0.1) is 11.0 Å². The second-order valence-electron chi connectivity index (χ2n) is 7.28. The third-order valence-corrected chi connectivity index (χ3v) is 6.46. The minimum Gasteiger partial charge on any atom is -0.306 e. The van der Waals surface area contributed by atoms with Gasteiger partial charge in [0.2, 0.25) is 0 Å². The lowest BCUT2D eigenvalue weighted by Gasteiger charge is -2.10. The number of imidazole rings is 1. The molecular weight excluding hydrogens is 442 g/mol. The monoisotopic (exact) mass is 461 g/mol. The Morgan fingerprint density at radius 3 is 2.47 bits per heavy atom. The van der Waals surface area contributed by atoms with E-state index in [0.29, 0.717) is 11.6 Å². The third-order valence-electron chi connectivity index (χ3n) is 5.19. The van der Waals surface area contributed by atoms with Crippen LogP contribution in [-0.2, 0) is 6.54 Å². The summed E-state index contributed by atoms with van der Waals surface area (Å²) in [7, 11) is 0. The quantitative estimate of drug-likeness (QED) is 0.260. The van der Waals surface area contributed by atoms with E-state index in [1.54, 1.807) is 16.3 Å². The van der Waals surface area contributed by atoms with Gasteiger partial charge in [-0.3, -0.25) is 9.13 Å². The van der Waals surface area contributed by atoms with E-state index in [2.05, 4.69) is 19.7 Å². The van der Waals surface area contributed by atoms with Gasteiger partial charge in [-0.15, -0.1) is 10.2 Å². The Kier molecular flexibility index (Phi) is 5.83. The highest BCUT2D eigenvalue weighted by Crippen LogP contribution is 2.29. The van der Waals surface area contributed by atoms with Crippen molar-refractivity contribution >= 4 is 34.4 Å². The summed E-state index contributed by atoms with van der Waals surface area (Å²) in [6, 6.07) is 25.4. The first-order valence-electron chi connectivity index (χ1n) is 10.3. The maximum absolute atomic E-state index is 12.3. The Balaban J connectivity index is 1.37. The average Bonchev–Trinajstić information content (AvgIpc) is 3.38. The molecule has 0 unspecified atom stereocenters. The molecule has 6 nitrogen and oxygen atoms in total. The second-order valence-corrected chi connectivity index (χ2v) is 8.78. The molecule has 3 aromatic carbocycles. The summed E-state index contributed by atoms with van der Waals surface area (Å²) in [6.07, 6.45) is 0.824. The highest BCUT2D eigenvalue weighted by atomic mass is 35.5. The van der Waals surface area contributed by atoms with Gasteiger partial charge in [-0.1, -0.05) is 53.7 Å². The van der Waals surface area contributed by atoms with Gasteiger partial charge in [0.15, 0.2) is 11.0 Å². The van der Waals surface area contributed by atoms with Crippen LogP contribution in [0.5, 0.6) is 0 Å². The molecule has 160 valence electrons. The number of thioether (sulfide) groups is 1. The number of rotatable bonds is 7. The van der Waals surface area contributed by atoms with Crippen LogP contribution in [0.15, 0.2) is 88.8 Å². The van der Waals surface area contributed by atoms with Crippen molar-refractivity contribution in [3.63, 3.8) is 0 Å². The van der Waals surface area contributed by atoms with Crippen LogP contribution >= 0.6 is 23.4 Å². The van der Waals surface area contributed by atoms with Gasteiger partial charge < -0.3 is 4.98 Å². The lowest BCUT2D eigenvalue weighted by atomic mass is 10.2. The molecule has 1 N–H and O–H groups in total. The molecule has 0 amide bonds. The molecule has 2 aromatic heterocycles. The number of benzene rings is 3. The number of hydrogen-bond acceptors (Lipinski definition) is 4. The zero-order valence-electron chi connectivity index (χ0n) is 17.1. The number of aromatic amines is 1. The molecule has 5 rings (SSSR count). The highest BCUT2D eigenvalue weighted by Gasteiger charge is 2.16. The molecule has 0 aliphatic heterocycles. The minimum absolute atomic E-state index is 0.0753. The summed E-state index contributed by atoms with van der Waals surface area (Å²) in [4.78, 5) is 15.2. The molecule has 0 aliphatic rings. The summed E-state index contributed by atoms with van der Waals surface area (Å²) in [5.41, 5.74) is 3.66. The van der Waals surface area contributed by atoms with Crippen LogP contribution < -0.4 is 5.69 Å². The largest absolute Gasteiger partial charge is 0.326 e. The normalized spacial score (nSPS) is 11.3. The predicted molar refractivity (Wildman–Crippen MR) is 130 cm³/mol. The van der Waals surface area contributed by atoms with E-state index < -0.39 is 0 Å². The molecule has 5 aromatic rings. The van der Waals surface area contributed by atoms with Crippen molar-refractivity contribution in [3.8, 4) is 17.1 Å². The van der Waals surface area contributed by atoms with Gasteiger partial charge in [0.25, 0.3) is 0 Å².